The van der Waals surface area contributed by atoms with Gasteiger partial charge in [0.2, 0.25) is 5.91 Å². The van der Waals surface area contributed by atoms with Gasteiger partial charge < -0.3 is 5.32 Å². The van der Waals surface area contributed by atoms with Crippen LogP contribution in [-0.2, 0) is 11.3 Å². The SMILES string of the molecule is CC(C)Cn1c(SC(C)C(=O)NCC(F)(F)F)nc2ccc(Cl)cc2c1=O. The lowest BCUT2D eigenvalue weighted by Crippen LogP contribution is -2.38. The molecule has 2 rings (SSSR count). The number of amides is 1. The van der Waals surface area contributed by atoms with Crippen LogP contribution < -0.4 is 10.9 Å². The zero-order chi connectivity index (χ0) is 20.4. The van der Waals surface area contributed by atoms with Crippen molar-refractivity contribution in [2.45, 2.75) is 43.9 Å². The molecule has 0 aliphatic rings. The number of rotatable bonds is 6. The van der Waals surface area contributed by atoms with Crippen LogP contribution in [0, 0.1) is 5.92 Å². The summed E-state index contributed by atoms with van der Waals surface area (Å²) in [5, 5.41) is 2.01. The molecule has 1 heterocycles. The standard InChI is InChI=1S/C17H19ClF3N3O2S/c1-9(2)7-24-15(26)12-6-11(18)4-5-13(12)23-16(24)27-10(3)14(25)22-8-17(19,20)21/h4-6,9-10H,7-8H2,1-3H3,(H,22,25). The number of hydrogen-bond donors (Lipinski definition) is 1. The summed E-state index contributed by atoms with van der Waals surface area (Å²) in [7, 11) is 0. The van der Waals surface area contributed by atoms with Gasteiger partial charge in [-0.05, 0) is 31.0 Å². The van der Waals surface area contributed by atoms with Gasteiger partial charge in [0, 0.05) is 11.6 Å². The van der Waals surface area contributed by atoms with E-state index in [0.29, 0.717) is 22.5 Å². The van der Waals surface area contributed by atoms with E-state index < -0.39 is 23.9 Å². The van der Waals surface area contributed by atoms with Crippen molar-refractivity contribution in [3.05, 3.63) is 33.6 Å². The minimum absolute atomic E-state index is 0.120. The Morgan fingerprint density at radius 3 is 2.59 bits per heavy atom. The van der Waals surface area contributed by atoms with E-state index in [2.05, 4.69) is 4.98 Å². The number of carbonyl (C=O) groups excluding carboxylic acids is 1. The topological polar surface area (TPSA) is 64.0 Å². The van der Waals surface area contributed by atoms with Gasteiger partial charge in [0.15, 0.2) is 5.16 Å². The fraction of sp³-hybridized carbons (Fsp3) is 0.471. The van der Waals surface area contributed by atoms with Crippen LogP contribution >= 0.6 is 23.4 Å². The summed E-state index contributed by atoms with van der Waals surface area (Å²) < 4.78 is 38.3. The number of aromatic nitrogens is 2. The monoisotopic (exact) mass is 421 g/mol. The maximum atomic E-state index is 12.8. The molecule has 1 amide bonds. The van der Waals surface area contributed by atoms with Gasteiger partial charge >= 0.3 is 6.18 Å². The van der Waals surface area contributed by atoms with Crippen molar-refractivity contribution in [2.75, 3.05) is 6.54 Å². The zero-order valence-electron chi connectivity index (χ0n) is 14.9. The molecular formula is C17H19ClF3N3O2S. The van der Waals surface area contributed by atoms with E-state index in [-0.39, 0.29) is 16.6 Å². The molecule has 0 fully saturated rings. The summed E-state index contributed by atoms with van der Waals surface area (Å²) in [6, 6.07) is 4.71. The zero-order valence-corrected chi connectivity index (χ0v) is 16.5. The third-order valence-electron chi connectivity index (χ3n) is 3.54. The number of halogens is 4. The number of fused-ring (bicyclic) bond motifs is 1. The Hall–Kier alpha value is -1.74. The first-order valence-corrected chi connectivity index (χ1v) is 9.45. The van der Waals surface area contributed by atoms with Crippen molar-refractivity contribution in [1.29, 1.82) is 0 Å². The van der Waals surface area contributed by atoms with E-state index in [1.165, 1.54) is 17.6 Å². The van der Waals surface area contributed by atoms with E-state index in [1.807, 2.05) is 19.2 Å². The number of alkyl halides is 3. The predicted molar refractivity (Wildman–Crippen MR) is 100 cm³/mol. The molecule has 0 saturated heterocycles. The molecule has 1 unspecified atom stereocenters. The third-order valence-corrected chi connectivity index (χ3v) is 4.87. The highest BCUT2D eigenvalue weighted by Crippen LogP contribution is 2.25. The Bertz CT molecular complexity index is 899. The molecule has 0 spiro atoms. The summed E-state index contributed by atoms with van der Waals surface area (Å²) in [6.45, 7) is 4.26. The van der Waals surface area contributed by atoms with Gasteiger partial charge in [0.25, 0.3) is 5.56 Å². The van der Waals surface area contributed by atoms with Crippen LogP contribution in [0.5, 0.6) is 0 Å². The first-order valence-electron chi connectivity index (χ1n) is 8.19. The number of thioether (sulfide) groups is 1. The summed E-state index contributed by atoms with van der Waals surface area (Å²) in [6.07, 6.45) is -4.49. The van der Waals surface area contributed by atoms with Gasteiger partial charge in [-0.15, -0.1) is 0 Å². The molecule has 27 heavy (non-hydrogen) atoms. The van der Waals surface area contributed by atoms with Crippen LogP contribution in [0.25, 0.3) is 10.9 Å². The molecular weight excluding hydrogens is 403 g/mol. The summed E-state index contributed by atoms with van der Waals surface area (Å²) in [5.41, 5.74) is 0.108. The van der Waals surface area contributed by atoms with E-state index in [9.17, 15) is 22.8 Å². The highest BCUT2D eigenvalue weighted by molar-refractivity contribution is 8.00. The first kappa shape index (κ1) is 21.6. The van der Waals surface area contributed by atoms with Crippen LogP contribution in [0.4, 0.5) is 13.2 Å². The predicted octanol–water partition coefficient (Wildman–Crippen LogP) is 3.87. The largest absolute Gasteiger partial charge is 0.405 e. The first-order chi connectivity index (χ1) is 12.5. The van der Waals surface area contributed by atoms with E-state index in [4.69, 9.17) is 11.6 Å². The number of carbonyl (C=O) groups is 1. The van der Waals surface area contributed by atoms with E-state index in [1.54, 1.807) is 12.1 Å². The van der Waals surface area contributed by atoms with Crippen molar-refractivity contribution in [2.24, 2.45) is 5.92 Å². The van der Waals surface area contributed by atoms with Gasteiger partial charge in [0.05, 0.1) is 16.2 Å². The van der Waals surface area contributed by atoms with Crippen LogP contribution in [0.3, 0.4) is 0 Å². The molecule has 0 aliphatic heterocycles. The van der Waals surface area contributed by atoms with Gasteiger partial charge in [-0.3, -0.25) is 14.2 Å². The van der Waals surface area contributed by atoms with Crippen molar-refractivity contribution in [1.82, 2.24) is 14.9 Å². The van der Waals surface area contributed by atoms with Crippen molar-refractivity contribution in [3.8, 4) is 0 Å². The summed E-state index contributed by atoms with van der Waals surface area (Å²) >= 11 is 6.90. The molecule has 1 aromatic carbocycles. The average Bonchev–Trinajstić information content (AvgIpc) is 2.55. The fourth-order valence-electron chi connectivity index (χ4n) is 2.33. The number of nitrogens with one attached hydrogen (secondary N) is 1. The molecule has 10 heteroatoms. The fourth-order valence-corrected chi connectivity index (χ4v) is 3.45. The molecule has 0 bridgehead atoms. The van der Waals surface area contributed by atoms with Crippen LogP contribution in [0.2, 0.25) is 5.02 Å². The van der Waals surface area contributed by atoms with Crippen molar-refractivity contribution in [3.63, 3.8) is 0 Å². The Labute approximate surface area is 163 Å². The molecule has 2 aromatic rings. The number of nitrogens with zero attached hydrogens (tertiary/aromatic N) is 2. The molecule has 0 radical (unpaired) electrons. The lowest BCUT2D eigenvalue weighted by molar-refractivity contribution is -0.137. The number of benzene rings is 1. The minimum atomic E-state index is -4.49. The average molecular weight is 422 g/mol. The lowest BCUT2D eigenvalue weighted by atomic mass is 10.2. The molecule has 0 saturated carbocycles. The second-order valence-electron chi connectivity index (χ2n) is 6.46. The molecule has 5 nitrogen and oxygen atoms in total. The third kappa shape index (κ3) is 5.87. The maximum Gasteiger partial charge on any atom is 0.405 e. The Morgan fingerprint density at radius 1 is 1.33 bits per heavy atom. The van der Waals surface area contributed by atoms with Gasteiger partial charge in [0.1, 0.15) is 6.54 Å². The lowest BCUT2D eigenvalue weighted by Gasteiger charge is -2.18. The van der Waals surface area contributed by atoms with Crippen molar-refractivity contribution >= 4 is 40.2 Å². The quantitative estimate of drug-likeness (QED) is 0.568. The van der Waals surface area contributed by atoms with E-state index in [0.717, 1.165) is 11.8 Å². The van der Waals surface area contributed by atoms with Gasteiger partial charge in [-0.25, -0.2) is 4.98 Å². The molecule has 148 valence electrons. The molecule has 1 N–H and O–H groups in total. The van der Waals surface area contributed by atoms with Gasteiger partial charge in [-0.1, -0.05) is 37.2 Å². The second kappa shape index (κ2) is 8.52. The smallest absolute Gasteiger partial charge is 0.346 e. The Morgan fingerprint density at radius 2 is 2.00 bits per heavy atom. The Kier molecular flexibility index (Phi) is 6.80. The van der Waals surface area contributed by atoms with Crippen LogP contribution in [0.1, 0.15) is 20.8 Å². The molecule has 1 atom stereocenters. The normalized spacial score (nSPS) is 13.2. The van der Waals surface area contributed by atoms with Crippen LogP contribution in [-0.4, -0.2) is 33.4 Å². The maximum absolute atomic E-state index is 12.8. The summed E-state index contributed by atoms with van der Waals surface area (Å²) in [5.74, 6) is -0.659. The highest BCUT2D eigenvalue weighted by Gasteiger charge is 2.29. The molecule has 0 aliphatic carbocycles. The minimum Gasteiger partial charge on any atom is -0.346 e. The van der Waals surface area contributed by atoms with Crippen LogP contribution in [0.15, 0.2) is 28.2 Å². The Balaban J connectivity index is 2.37. The highest BCUT2D eigenvalue weighted by atomic mass is 35.5. The van der Waals surface area contributed by atoms with Crippen molar-refractivity contribution < 1.29 is 18.0 Å². The molecule has 1 aromatic heterocycles. The number of hydrogen-bond acceptors (Lipinski definition) is 4. The van der Waals surface area contributed by atoms with E-state index >= 15 is 0 Å². The van der Waals surface area contributed by atoms with Gasteiger partial charge in [-0.2, -0.15) is 13.2 Å². The summed E-state index contributed by atoms with van der Waals surface area (Å²) in [4.78, 5) is 29.2. The second-order valence-corrected chi connectivity index (χ2v) is 8.20.